The van der Waals surface area contributed by atoms with Crippen LogP contribution < -0.4 is 0 Å². The van der Waals surface area contributed by atoms with Crippen LogP contribution in [-0.2, 0) is 9.53 Å². The summed E-state index contributed by atoms with van der Waals surface area (Å²) < 4.78 is 39.5. The van der Waals surface area contributed by atoms with E-state index in [2.05, 4.69) is 4.74 Å². The molecule has 0 rings (SSSR count). The number of rotatable bonds is 7. The molecule has 0 aliphatic rings. The summed E-state index contributed by atoms with van der Waals surface area (Å²) in [5.74, 6) is -2.11. The summed E-state index contributed by atoms with van der Waals surface area (Å²) in [5.41, 5.74) is 0. The van der Waals surface area contributed by atoms with Crippen LogP contribution in [0.2, 0.25) is 0 Å². The van der Waals surface area contributed by atoms with Gasteiger partial charge in [-0.25, -0.2) is 4.79 Å². The summed E-state index contributed by atoms with van der Waals surface area (Å²) in [6.07, 6.45) is -3.04. The normalized spacial score (nSPS) is 11.9. The fourth-order valence-electron chi connectivity index (χ4n) is 1.32. The van der Waals surface area contributed by atoms with Crippen molar-refractivity contribution in [3.8, 4) is 0 Å². The highest BCUT2D eigenvalue weighted by atomic mass is 19.4. The minimum absolute atomic E-state index is 0.210. The van der Waals surface area contributed by atoms with Crippen molar-refractivity contribution in [1.82, 2.24) is 4.90 Å². The minimum Gasteiger partial charge on any atom is -0.458 e. The largest absolute Gasteiger partial charge is 0.490 e. The molecular weight excluding hydrogens is 223 g/mol. The molecule has 3 nitrogen and oxygen atoms in total. The van der Waals surface area contributed by atoms with Gasteiger partial charge in [0.25, 0.3) is 0 Å². The van der Waals surface area contributed by atoms with Gasteiger partial charge in [0.05, 0.1) is 0 Å². The first-order chi connectivity index (χ1) is 7.41. The van der Waals surface area contributed by atoms with E-state index < -0.39 is 12.1 Å². The molecule has 16 heavy (non-hydrogen) atoms. The highest BCUT2D eigenvalue weighted by molar-refractivity contribution is 5.75. The van der Waals surface area contributed by atoms with Crippen molar-refractivity contribution in [1.29, 1.82) is 0 Å². The molecule has 96 valence electrons. The molecule has 0 radical (unpaired) electrons. The van der Waals surface area contributed by atoms with Gasteiger partial charge in [0, 0.05) is 6.54 Å². The monoisotopic (exact) mass is 241 g/mol. The lowest BCUT2D eigenvalue weighted by molar-refractivity contribution is -0.200. The molecule has 0 spiro atoms. The van der Waals surface area contributed by atoms with E-state index in [9.17, 15) is 18.0 Å². The summed E-state index contributed by atoms with van der Waals surface area (Å²) in [5, 5.41) is 0. The predicted octanol–water partition coefficient (Wildman–Crippen LogP) is 2.21. The zero-order valence-corrected chi connectivity index (χ0v) is 9.64. The first-order valence-corrected chi connectivity index (χ1v) is 5.38. The Morgan fingerprint density at radius 2 is 1.62 bits per heavy atom. The van der Waals surface area contributed by atoms with Crippen molar-refractivity contribution >= 4 is 5.97 Å². The van der Waals surface area contributed by atoms with Crippen LogP contribution >= 0.6 is 0 Å². The Bertz CT molecular complexity index is 201. The Labute approximate surface area is 93.6 Å². The standard InChI is InChI=1S/C10H18F3NO2/c1-3-5-14(6-4-2)7-8-16-9(15)10(11,12)13/h3-8H2,1-2H3. The average molecular weight is 241 g/mol. The van der Waals surface area contributed by atoms with Crippen molar-refractivity contribution < 1.29 is 22.7 Å². The van der Waals surface area contributed by atoms with Gasteiger partial charge >= 0.3 is 12.1 Å². The number of halogens is 3. The van der Waals surface area contributed by atoms with Crippen LogP contribution in [0, 0.1) is 0 Å². The van der Waals surface area contributed by atoms with E-state index in [1.54, 1.807) is 0 Å². The molecule has 0 N–H and O–H groups in total. The molecule has 0 aliphatic carbocycles. The Morgan fingerprint density at radius 1 is 1.12 bits per heavy atom. The fraction of sp³-hybridized carbons (Fsp3) is 0.900. The van der Waals surface area contributed by atoms with Crippen molar-refractivity contribution in [3.05, 3.63) is 0 Å². The summed E-state index contributed by atoms with van der Waals surface area (Å²) in [6, 6.07) is 0. The van der Waals surface area contributed by atoms with Crippen molar-refractivity contribution in [2.24, 2.45) is 0 Å². The molecule has 0 heterocycles. The number of ether oxygens (including phenoxy) is 1. The van der Waals surface area contributed by atoms with Gasteiger partial charge in [0.2, 0.25) is 0 Å². The van der Waals surface area contributed by atoms with Crippen molar-refractivity contribution in [2.45, 2.75) is 32.9 Å². The van der Waals surface area contributed by atoms with Gasteiger partial charge in [-0.1, -0.05) is 13.8 Å². The zero-order valence-electron chi connectivity index (χ0n) is 9.64. The summed E-state index contributed by atoms with van der Waals surface area (Å²) >= 11 is 0. The number of alkyl halides is 3. The van der Waals surface area contributed by atoms with Crippen molar-refractivity contribution in [2.75, 3.05) is 26.2 Å². The maximum absolute atomic E-state index is 11.8. The van der Waals surface area contributed by atoms with E-state index >= 15 is 0 Å². The Hall–Kier alpha value is -0.780. The minimum atomic E-state index is -4.89. The zero-order chi connectivity index (χ0) is 12.6. The number of hydrogen-bond acceptors (Lipinski definition) is 3. The molecule has 0 unspecified atom stereocenters. The van der Waals surface area contributed by atoms with Gasteiger partial charge < -0.3 is 4.74 Å². The van der Waals surface area contributed by atoms with Crippen LogP contribution in [0.5, 0.6) is 0 Å². The molecule has 0 amide bonds. The van der Waals surface area contributed by atoms with E-state index in [1.807, 2.05) is 18.7 Å². The Morgan fingerprint density at radius 3 is 2.00 bits per heavy atom. The highest BCUT2D eigenvalue weighted by Gasteiger charge is 2.40. The molecule has 0 saturated carbocycles. The maximum Gasteiger partial charge on any atom is 0.490 e. The Balaban J connectivity index is 3.81. The van der Waals surface area contributed by atoms with Crippen LogP contribution in [0.3, 0.4) is 0 Å². The number of esters is 1. The van der Waals surface area contributed by atoms with Gasteiger partial charge in [-0.3, -0.25) is 4.90 Å². The molecule has 0 aliphatic heterocycles. The molecule has 0 aromatic rings. The Kier molecular flexibility index (Phi) is 7.12. The quantitative estimate of drug-likeness (QED) is 0.640. The van der Waals surface area contributed by atoms with E-state index in [0.717, 1.165) is 25.9 Å². The van der Waals surface area contributed by atoms with Crippen LogP contribution in [0.4, 0.5) is 13.2 Å². The average Bonchev–Trinajstić information content (AvgIpc) is 2.16. The fourth-order valence-corrected chi connectivity index (χ4v) is 1.32. The van der Waals surface area contributed by atoms with Crippen molar-refractivity contribution in [3.63, 3.8) is 0 Å². The van der Waals surface area contributed by atoms with E-state index in [1.165, 1.54) is 0 Å². The molecule has 6 heteroatoms. The molecule has 0 saturated heterocycles. The first-order valence-electron chi connectivity index (χ1n) is 5.38. The highest BCUT2D eigenvalue weighted by Crippen LogP contribution is 2.16. The summed E-state index contributed by atoms with van der Waals surface area (Å²) in [7, 11) is 0. The predicted molar refractivity (Wildman–Crippen MR) is 54.0 cm³/mol. The molecule has 0 fully saturated rings. The third-order valence-corrected chi connectivity index (χ3v) is 1.95. The van der Waals surface area contributed by atoms with Crippen LogP contribution in [0.1, 0.15) is 26.7 Å². The lowest BCUT2D eigenvalue weighted by Gasteiger charge is -2.20. The lowest BCUT2D eigenvalue weighted by atomic mass is 10.3. The van der Waals surface area contributed by atoms with Crippen LogP contribution in [-0.4, -0.2) is 43.3 Å². The number of carbonyl (C=O) groups excluding carboxylic acids is 1. The first kappa shape index (κ1) is 15.2. The SMILES string of the molecule is CCCN(CCC)CCOC(=O)C(F)(F)F. The molecule has 0 bridgehead atoms. The van der Waals surface area contributed by atoms with E-state index in [0.29, 0.717) is 6.54 Å². The third-order valence-electron chi connectivity index (χ3n) is 1.95. The third kappa shape index (κ3) is 6.66. The number of hydrogen-bond donors (Lipinski definition) is 0. The molecule has 0 aromatic carbocycles. The van der Waals surface area contributed by atoms with Gasteiger partial charge in [-0.2, -0.15) is 13.2 Å². The number of carbonyl (C=O) groups is 1. The molecule has 0 aromatic heterocycles. The second kappa shape index (κ2) is 7.49. The van der Waals surface area contributed by atoms with Gasteiger partial charge in [0.15, 0.2) is 0 Å². The molecular formula is C10H18F3NO2. The van der Waals surface area contributed by atoms with Gasteiger partial charge in [-0.05, 0) is 25.9 Å². The summed E-state index contributed by atoms with van der Waals surface area (Å²) in [4.78, 5) is 12.4. The second-order valence-corrected chi connectivity index (χ2v) is 3.48. The van der Waals surface area contributed by atoms with Gasteiger partial charge in [0.1, 0.15) is 6.61 Å². The van der Waals surface area contributed by atoms with E-state index in [-0.39, 0.29) is 6.61 Å². The maximum atomic E-state index is 11.8. The van der Waals surface area contributed by atoms with Crippen LogP contribution in [0.15, 0.2) is 0 Å². The number of nitrogens with zero attached hydrogens (tertiary/aromatic N) is 1. The van der Waals surface area contributed by atoms with Gasteiger partial charge in [-0.15, -0.1) is 0 Å². The molecule has 0 atom stereocenters. The summed E-state index contributed by atoms with van der Waals surface area (Å²) in [6.45, 7) is 5.73. The van der Waals surface area contributed by atoms with E-state index in [4.69, 9.17) is 0 Å². The second-order valence-electron chi connectivity index (χ2n) is 3.48. The van der Waals surface area contributed by atoms with Crippen LogP contribution in [0.25, 0.3) is 0 Å². The topological polar surface area (TPSA) is 29.5 Å². The lowest BCUT2D eigenvalue weighted by Crippen LogP contribution is -2.32. The smallest absolute Gasteiger partial charge is 0.458 e.